The first-order chi connectivity index (χ1) is 7.48. The standard InChI is InChI=1S/C12H25N3O/c1-10(2)9-11(14-13)12(3,4)15-5-7-16-8-6-15/h9,11,14H,5-8,13H2,1-4H3. The third-order valence-electron chi connectivity index (χ3n) is 3.27. The first-order valence-corrected chi connectivity index (χ1v) is 5.92. The number of nitrogens with one attached hydrogen (secondary N) is 1. The van der Waals surface area contributed by atoms with Crippen LogP contribution in [0.2, 0.25) is 0 Å². The van der Waals surface area contributed by atoms with Crippen LogP contribution in [0.25, 0.3) is 0 Å². The summed E-state index contributed by atoms with van der Waals surface area (Å²) < 4.78 is 5.38. The lowest BCUT2D eigenvalue weighted by molar-refractivity contribution is -0.0177. The smallest absolute Gasteiger partial charge is 0.0594 e. The van der Waals surface area contributed by atoms with Crippen molar-refractivity contribution < 1.29 is 4.74 Å². The number of ether oxygens (including phenoxy) is 1. The van der Waals surface area contributed by atoms with Gasteiger partial charge in [0.1, 0.15) is 0 Å². The van der Waals surface area contributed by atoms with Gasteiger partial charge in [-0.05, 0) is 27.7 Å². The molecule has 1 unspecified atom stereocenters. The molecule has 1 heterocycles. The second-order valence-electron chi connectivity index (χ2n) is 5.14. The van der Waals surface area contributed by atoms with Crippen molar-refractivity contribution in [3.05, 3.63) is 11.6 Å². The third-order valence-corrected chi connectivity index (χ3v) is 3.27. The lowest BCUT2D eigenvalue weighted by Gasteiger charge is -2.44. The van der Waals surface area contributed by atoms with E-state index in [2.05, 4.69) is 44.1 Å². The number of nitrogens with two attached hydrogens (primary N) is 1. The Morgan fingerprint density at radius 1 is 1.38 bits per heavy atom. The minimum Gasteiger partial charge on any atom is -0.379 e. The molecule has 0 amide bonds. The van der Waals surface area contributed by atoms with Gasteiger partial charge in [-0.2, -0.15) is 0 Å². The minimum atomic E-state index is 0.00972. The van der Waals surface area contributed by atoms with Crippen molar-refractivity contribution in [1.29, 1.82) is 0 Å². The fourth-order valence-electron chi connectivity index (χ4n) is 2.13. The quantitative estimate of drug-likeness (QED) is 0.425. The lowest BCUT2D eigenvalue weighted by atomic mass is 9.91. The van der Waals surface area contributed by atoms with Crippen LogP contribution < -0.4 is 11.3 Å². The first kappa shape index (κ1) is 13.6. The molecule has 0 aromatic heterocycles. The van der Waals surface area contributed by atoms with Crippen LogP contribution in [0.4, 0.5) is 0 Å². The van der Waals surface area contributed by atoms with E-state index < -0.39 is 0 Å². The van der Waals surface area contributed by atoms with Gasteiger partial charge < -0.3 is 4.74 Å². The van der Waals surface area contributed by atoms with E-state index >= 15 is 0 Å². The molecule has 0 bridgehead atoms. The molecule has 1 aliphatic rings. The van der Waals surface area contributed by atoms with Gasteiger partial charge in [0.05, 0.1) is 19.3 Å². The predicted octanol–water partition coefficient (Wildman–Crippen LogP) is 0.895. The van der Waals surface area contributed by atoms with E-state index in [0.717, 1.165) is 26.3 Å². The lowest BCUT2D eigenvalue weighted by Crippen LogP contribution is -2.61. The Morgan fingerprint density at radius 3 is 2.38 bits per heavy atom. The van der Waals surface area contributed by atoms with E-state index in [0.29, 0.717) is 0 Å². The average Bonchev–Trinajstić information content (AvgIpc) is 2.26. The van der Waals surface area contributed by atoms with Crippen molar-refractivity contribution in [2.75, 3.05) is 26.3 Å². The predicted molar refractivity (Wildman–Crippen MR) is 67.0 cm³/mol. The number of nitrogens with zero attached hydrogens (tertiary/aromatic N) is 1. The summed E-state index contributed by atoms with van der Waals surface area (Å²) in [6, 6.07) is 0.163. The van der Waals surface area contributed by atoms with Crippen molar-refractivity contribution in [3.63, 3.8) is 0 Å². The molecule has 1 rings (SSSR count). The van der Waals surface area contributed by atoms with Crippen molar-refractivity contribution >= 4 is 0 Å². The SMILES string of the molecule is CC(C)=CC(NN)C(C)(C)N1CCOCC1. The zero-order valence-electron chi connectivity index (χ0n) is 10.9. The summed E-state index contributed by atoms with van der Waals surface area (Å²) in [5, 5.41) is 0. The Balaban J connectivity index is 2.75. The Kier molecular flexibility index (Phi) is 4.92. The van der Waals surface area contributed by atoms with Crippen LogP contribution >= 0.6 is 0 Å². The maximum absolute atomic E-state index is 5.66. The number of rotatable bonds is 4. The molecule has 0 spiro atoms. The third kappa shape index (κ3) is 3.28. The molecule has 1 saturated heterocycles. The monoisotopic (exact) mass is 227 g/mol. The number of hydrogen-bond donors (Lipinski definition) is 2. The highest BCUT2D eigenvalue weighted by Gasteiger charge is 2.34. The van der Waals surface area contributed by atoms with Gasteiger partial charge in [-0.1, -0.05) is 11.6 Å². The van der Waals surface area contributed by atoms with Gasteiger partial charge in [-0.25, -0.2) is 0 Å². The normalized spacial score (nSPS) is 20.6. The molecule has 0 aromatic carbocycles. The van der Waals surface area contributed by atoms with Crippen molar-refractivity contribution in [1.82, 2.24) is 10.3 Å². The first-order valence-electron chi connectivity index (χ1n) is 5.92. The van der Waals surface area contributed by atoms with Gasteiger partial charge >= 0.3 is 0 Å². The zero-order valence-corrected chi connectivity index (χ0v) is 10.9. The Bertz CT molecular complexity index is 241. The molecule has 3 N–H and O–H groups in total. The molecule has 1 fully saturated rings. The van der Waals surface area contributed by atoms with Gasteiger partial charge in [0, 0.05) is 18.6 Å². The second kappa shape index (κ2) is 5.77. The summed E-state index contributed by atoms with van der Waals surface area (Å²) in [5.41, 5.74) is 4.20. The van der Waals surface area contributed by atoms with Crippen LogP contribution in [0.15, 0.2) is 11.6 Å². The summed E-state index contributed by atoms with van der Waals surface area (Å²) in [7, 11) is 0. The molecular weight excluding hydrogens is 202 g/mol. The Hall–Kier alpha value is -0.420. The van der Waals surface area contributed by atoms with E-state index in [1.165, 1.54) is 5.57 Å². The molecule has 0 aliphatic carbocycles. The van der Waals surface area contributed by atoms with Crippen LogP contribution in [0, 0.1) is 0 Å². The summed E-state index contributed by atoms with van der Waals surface area (Å²) in [5.74, 6) is 5.66. The van der Waals surface area contributed by atoms with E-state index in [9.17, 15) is 0 Å². The van der Waals surface area contributed by atoms with Crippen LogP contribution in [0.3, 0.4) is 0 Å². The second-order valence-corrected chi connectivity index (χ2v) is 5.14. The summed E-state index contributed by atoms with van der Waals surface area (Å²) >= 11 is 0. The highest BCUT2D eigenvalue weighted by Crippen LogP contribution is 2.21. The highest BCUT2D eigenvalue weighted by molar-refractivity contribution is 5.09. The number of morpholine rings is 1. The molecule has 16 heavy (non-hydrogen) atoms. The van der Waals surface area contributed by atoms with Crippen molar-refractivity contribution in [3.8, 4) is 0 Å². The van der Waals surface area contributed by atoms with Crippen LogP contribution in [0.5, 0.6) is 0 Å². The molecule has 1 atom stereocenters. The molecule has 0 saturated carbocycles. The number of hydrogen-bond acceptors (Lipinski definition) is 4. The van der Waals surface area contributed by atoms with E-state index in [-0.39, 0.29) is 11.6 Å². The molecule has 94 valence electrons. The number of allylic oxidation sites excluding steroid dienone is 1. The molecular formula is C12H25N3O. The van der Waals surface area contributed by atoms with Gasteiger partial charge in [-0.15, -0.1) is 0 Å². The van der Waals surface area contributed by atoms with Gasteiger partial charge in [0.15, 0.2) is 0 Å². The van der Waals surface area contributed by atoms with Crippen LogP contribution in [-0.4, -0.2) is 42.8 Å². The van der Waals surface area contributed by atoms with Crippen molar-refractivity contribution in [2.45, 2.75) is 39.3 Å². The molecule has 0 radical (unpaired) electrons. The maximum atomic E-state index is 5.66. The molecule has 4 nitrogen and oxygen atoms in total. The fourth-order valence-corrected chi connectivity index (χ4v) is 2.13. The van der Waals surface area contributed by atoms with E-state index in [4.69, 9.17) is 10.6 Å². The Morgan fingerprint density at radius 2 is 1.94 bits per heavy atom. The summed E-state index contributed by atoms with van der Waals surface area (Å²) in [4.78, 5) is 2.43. The topological polar surface area (TPSA) is 50.5 Å². The van der Waals surface area contributed by atoms with Gasteiger partial charge in [-0.3, -0.25) is 16.2 Å². The molecule has 1 aliphatic heterocycles. The molecule has 4 heteroatoms. The summed E-state index contributed by atoms with van der Waals surface area (Å²) in [6.07, 6.45) is 2.19. The maximum Gasteiger partial charge on any atom is 0.0594 e. The van der Waals surface area contributed by atoms with Crippen molar-refractivity contribution in [2.24, 2.45) is 5.84 Å². The van der Waals surface area contributed by atoms with Crippen LogP contribution in [0.1, 0.15) is 27.7 Å². The molecule has 0 aromatic rings. The largest absolute Gasteiger partial charge is 0.379 e. The number of hydrazine groups is 1. The van der Waals surface area contributed by atoms with E-state index in [1.54, 1.807) is 0 Å². The average molecular weight is 227 g/mol. The highest BCUT2D eigenvalue weighted by atomic mass is 16.5. The van der Waals surface area contributed by atoms with Gasteiger partial charge in [0.2, 0.25) is 0 Å². The summed E-state index contributed by atoms with van der Waals surface area (Å²) in [6.45, 7) is 12.2. The minimum absolute atomic E-state index is 0.00972. The van der Waals surface area contributed by atoms with Crippen LogP contribution in [-0.2, 0) is 4.74 Å². The Labute approximate surface area is 98.8 Å². The van der Waals surface area contributed by atoms with E-state index in [1.807, 2.05) is 0 Å². The fraction of sp³-hybridized carbons (Fsp3) is 0.833. The zero-order chi connectivity index (χ0) is 12.2. The van der Waals surface area contributed by atoms with Gasteiger partial charge in [0.25, 0.3) is 0 Å².